The summed E-state index contributed by atoms with van der Waals surface area (Å²) in [5.74, 6) is -0.476. The molecule has 0 aliphatic rings. The summed E-state index contributed by atoms with van der Waals surface area (Å²) in [6, 6.07) is 7.67. The molecule has 0 aliphatic heterocycles. The van der Waals surface area contributed by atoms with Gasteiger partial charge in [0.2, 0.25) is 0 Å². The van der Waals surface area contributed by atoms with Crippen LogP contribution in [0.1, 0.15) is 19.3 Å². The molecule has 2 N–H and O–H groups in total. The van der Waals surface area contributed by atoms with Gasteiger partial charge in [0.15, 0.2) is 0 Å². The zero-order valence-corrected chi connectivity index (χ0v) is 13.5. The van der Waals surface area contributed by atoms with E-state index in [1.54, 1.807) is 13.3 Å². The first-order chi connectivity index (χ1) is 11.6. The lowest BCUT2D eigenvalue weighted by Crippen LogP contribution is -2.30. The number of nitrogens with zero attached hydrogens (tertiary/aromatic N) is 1. The Bertz CT molecular complexity index is 680. The quantitative estimate of drug-likeness (QED) is 0.690. The molecule has 1 aromatic carbocycles. The van der Waals surface area contributed by atoms with Crippen molar-refractivity contribution in [2.75, 3.05) is 25.5 Å². The molecule has 2 rings (SSSR count). The van der Waals surface area contributed by atoms with E-state index in [1.165, 1.54) is 0 Å². The molecule has 0 saturated carbocycles. The van der Waals surface area contributed by atoms with Gasteiger partial charge in [-0.15, -0.1) is 0 Å². The van der Waals surface area contributed by atoms with Gasteiger partial charge in [0.05, 0.1) is 7.11 Å². The summed E-state index contributed by atoms with van der Waals surface area (Å²) < 4.78 is 29.3. The Morgan fingerprint density at radius 3 is 2.75 bits per heavy atom. The highest BCUT2D eigenvalue weighted by Gasteiger charge is 2.13. The Morgan fingerprint density at radius 1 is 1.21 bits per heavy atom. The van der Waals surface area contributed by atoms with Crippen LogP contribution in [0, 0.1) is 0 Å². The van der Waals surface area contributed by atoms with Crippen molar-refractivity contribution < 1.29 is 18.3 Å². The van der Waals surface area contributed by atoms with Crippen molar-refractivity contribution in [2.45, 2.75) is 25.7 Å². The van der Waals surface area contributed by atoms with Crippen LogP contribution in [0.4, 0.5) is 14.5 Å². The second-order valence-electron chi connectivity index (χ2n) is 5.29. The van der Waals surface area contributed by atoms with Crippen LogP contribution >= 0.6 is 0 Å². The Labute approximate surface area is 139 Å². The van der Waals surface area contributed by atoms with Crippen LogP contribution in [0.3, 0.4) is 0 Å². The number of methoxy groups -OCH3 is 1. The minimum atomic E-state index is -2.94. The number of benzene rings is 1. The maximum atomic E-state index is 12.0. The molecule has 1 amide bonds. The number of amides is 1. The maximum absolute atomic E-state index is 12.0. The number of para-hydroxylation sites is 1. The van der Waals surface area contributed by atoms with Crippen molar-refractivity contribution in [3.63, 3.8) is 0 Å². The highest BCUT2D eigenvalue weighted by molar-refractivity contribution is 5.94. The molecule has 0 atom stereocenters. The Balaban J connectivity index is 1.77. The monoisotopic (exact) mass is 337 g/mol. The smallest absolute Gasteiger partial charge is 0.315 e. The number of ether oxygens (including phenoxy) is 1. The molecule has 5 nitrogen and oxygen atoms in total. The van der Waals surface area contributed by atoms with Gasteiger partial charge in [-0.25, -0.2) is 0 Å². The number of halogens is 2. The number of hydrogen-bond donors (Lipinski definition) is 2. The van der Waals surface area contributed by atoms with Gasteiger partial charge in [0.25, 0.3) is 5.91 Å². The molecule has 130 valence electrons. The number of unbranched alkanes of at least 4 members (excludes halogenated alkanes) is 2. The molecule has 7 heteroatoms. The minimum Gasteiger partial charge on any atom is -0.494 e. The summed E-state index contributed by atoms with van der Waals surface area (Å²) in [6.07, 6.45) is 1.17. The number of hydrogen-bond acceptors (Lipinski definition) is 4. The van der Waals surface area contributed by atoms with Crippen molar-refractivity contribution in [2.24, 2.45) is 0 Å². The number of alkyl halides is 2. The number of rotatable bonds is 9. The molecule has 1 aromatic heterocycles. The summed E-state index contributed by atoms with van der Waals surface area (Å²) in [4.78, 5) is 15.0. The van der Waals surface area contributed by atoms with Gasteiger partial charge in [-0.1, -0.05) is 12.1 Å². The van der Waals surface area contributed by atoms with E-state index in [0.29, 0.717) is 6.42 Å². The van der Waals surface area contributed by atoms with E-state index < -0.39 is 12.3 Å². The molecule has 0 bridgehead atoms. The normalized spacial score (nSPS) is 10.8. The van der Waals surface area contributed by atoms with Gasteiger partial charge in [-0.05, 0) is 31.4 Å². The molecule has 0 unspecified atom stereocenters. The number of anilines is 1. The first kappa shape index (κ1) is 17.9. The average Bonchev–Trinajstić information content (AvgIpc) is 2.60. The molecule has 0 radical (unpaired) electrons. The standard InChI is InChI=1S/C17H21F2N3O2/c1-24-14-7-5-6-12-13(8-11-21-15(12)14)20-9-3-2-4-10-22-17(23)16(18)19/h5-8,11,16H,2-4,9-10H2,1H3,(H,20,21)(H,22,23). The predicted octanol–water partition coefficient (Wildman–Crippen LogP) is 3.21. The highest BCUT2D eigenvalue weighted by atomic mass is 19.3. The lowest BCUT2D eigenvalue weighted by molar-refractivity contribution is -0.131. The Kier molecular flexibility index (Phi) is 6.72. The second-order valence-corrected chi connectivity index (χ2v) is 5.29. The number of pyridine rings is 1. The summed E-state index contributed by atoms with van der Waals surface area (Å²) in [6.45, 7) is 1.03. The van der Waals surface area contributed by atoms with E-state index in [1.807, 2.05) is 24.3 Å². The molecule has 0 spiro atoms. The van der Waals surface area contributed by atoms with Crippen molar-refractivity contribution in [3.05, 3.63) is 30.5 Å². The summed E-state index contributed by atoms with van der Waals surface area (Å²) in [5, 5.41) is 6.54. The molecular weight excluding hydrogens is 316 g/mol. The Hall–Kier alpha value is -2.44. The molecule has 0 fully saturated rings. The Morgan fingerprint density at radius 2 is 2.00 bits per heavy atom. The maximum Gasteiger partial charge on any atom is 0.315 e. The van der Waals surface area contributed by atoms with Crippen LogP contribution in [0.15, 0.2) is 30.5 Å². The van der Waals surface area contributed by atoms with E-state index in [0.717, 1.165) is 41.7 Å². The molecule has 24 heavy (non-hydrogen) atoms. The van der Waals surface area contributed by atoms with Gasteiger partial charge in [0.1, 0.15) is 11.3 Å². The number of carbonyl (C=O) groups is 1. The van der Waals surface area contributed by atoms with Crippen LogP contribution in [-0.2, 0) is 4.79 Å². The van der Waals surface area contributed by atoms with Crippen LogP contribution in [0.2, 0.25) is 0 Å². The van der Waals surface area contributed by atoms with Crippen LogP contribution in [-0.4, -0.2) is 37.5 Å². The van der Waals surface area contributed by atoms with E-state index in [9.17, 15) is 13.6 Å². The third kappa shape index (κ3) is 4.78. The lowest BCUT2D eigenvalue weighted by atomic mass is 10.1. The molecule has 0 aliphatic carbocycles. The SMILES string of the molecule is COc1cccc2c(NCCCCCNC(=O)C(F)F)ccnc12. The van der Waals surface area contributed by atoms with Crippen molar-refractivity contribution in [1.29, 1.82) is 0 Å². The number of nitrogens with one attached hydrogen (secondary N) is 2. The van der Waals surface area contributed by atoms with E-state index in [4.69, 9.17) is 4.74 Å². The molecular formula is C17H21F2N3O2. The predicted molar refractivity (Wildman–Crippen MR) is 89.6 cm³/mol. The fourth-order valence-corrected chi connectivity index (χ4v) is 2.41. The van der Waals surface area contributed by atoms with E-state index >= 15 is 0 Å². The van der Waals surface area contributed by atoms with Gasteiger partial charge in [-0.3, -0.25) is 9.78 Å². The lowest BCUT2D eigenvalue weighted by Gasteiger charge is -2.11. The van der Waals surface area contributed by atoms with E-state index in [-0.39, 0.29) is 6.54 Å². The van der Waals surface area contributed by atoms with Gasteiger partial charge >= 0.3 is 6.43 Å². The average molecular weight is 337 g/mol. The molecule has 0 saturated heterocycles. The van der Waals surface area contributed by atoms with E-state index in [2.05, 4.69) is 15.6 Å². The summed E-state index contributed by atoms with van der Waals surface area (Å²) in [7, 11) is 1.61. The van der Waals surface area contributed by atoms with Crippen LogP contribution < -0.4 is 15.4 Å². The zero-order valence-electron chi connectivity index (χ0n) is 13.5. The van der Waals surface area contributed by atoms with Gasteiger partial charge in [-0.2, -0.15) is 8.78 Å². The number of aromatic nitrogens is 1. The third-order valence-corrected chi connectivity index (χ3v) is 3.62. The largest absolute Gasteiger partial charge is 0.494 e. The van der Waals surface area contributed by atoms with Crippen LogP contribution in [0.25, 0.3) is 10.9 Å². The minimum absolute atomic E-state index is 0.276. The van der Waals surface area contributed by atoms with Gasteiger partial charge < -0.3 is 15.4 Å². The van der Waals surface area contributed by atoms with Crippen molar-refractivity contribution >= 4 is 22.5 Å². The molecule has 1 heterocycles. The second kappa shape index (κ2) is 9.00. The van der Waals surface area contributed by atoms with Crippen molar-refractivity contribution in [1.82, 2.24) is 10.3 Å². The third-order valence-electron chi connectivity index (χ3n) is 3.62. The summed E-state index contributed by atoms with van der Waals surface area (Å²) in [5.41, 5.74) is 1.78. The fourth-order valence-electron chi connectivity index (χ4n) is 2.41. The van der Waals surface area contributed by atoms with Crippen LogP contribution in [0.5, 0.6) is 5.75 Å². The summed E-state index contributed by atoms with van der Waals surface area (Å²) >= 11 is 0. The highest BCUT2D eigenvalue weighted by Crippen LogP contribution is 2.28. The number of fused-ring (bicyclic) bond motifs is 1. The first-order valence-corrected chi connectivity index (χ1v) is 7.85. The zero-order chi connectivity index (χ0) is 17.4. The van der Waals surface area contributed by atoms with Crippen molar-refractivity contribution in [3.8, 4) is 5.75 Å². The number of carbonyl (C=O) groups excluding carboxylic acids is 1. The topological polar surface area (TPSA) is 63.2 Å². The fraction of sp³-hybridized carbons (Fsp3) is 0.412. The first-order valence-electron chi connectivity index (χ1n) is 7.85. The molecule has 2 aromatic rings. The van der Waals surface area contributed by atoms with Gasteiger partial charge in [0, 0.05) is 30.4 Å².